The van der Waals surface area contributed by atoms with Gasteiger partial charge < -0.3 is 5.32 Å². The molecule has 96 valence electrons. The second-order valence-corrected chi connectivity index (χ2v) is 6.10. The normalized spacial score (nSPS) is 14.1. The molecule has 0 saturated carbocycles. The molecule has 0 saturated heterocycles. The number of nitrogens with zero attached hydrogens (tertiary/aromatic N) is 2. The van der Waals surface area contributed by atoms with Gasteiger partial charge in [0.05, 0.1) is 5.39 Å². The first kappa shape index (κ1) is 12.2. The number of aryl methyl sites for hydroxylation is 2. The number of hydrogen-bond donors (Lipinski definition) is 1. The van der Waals surface area contributed by atoms with E-state index in [0.717, 1.165) is 36.0 Å². The molecule has 3 rings (SSSR count). The average molecular weight is 282 g/mol. The maximum absolute atomic E-state index is 6.32. The number of thiophene rings is 1. The third-order valence-corrected chi connectivity index (χ3v) is 4.79. The van der Waals surface area contributed by atoms with E-state index in [0.29, 0.717) is 11.1 Å². The molecule has 0 bridgehead atoms. The number of unbranched alkanes of at least 4 members (excludes halogenated alkanes) is 1. The van der Waals surface area contributed by atoms with Crippen molar-refractivity contribution in [2.75, 3.05) is 11.9 Å². The fraction of sp³-hybridized carbons (Fsp3) is 0.538. The van der Waals surface area contributed by atoms with Gasteiger partial charge in [0.25, 0.3) is 0 Å². The minimum absolute atomic E-state index is 0.610. The smallest absolute Gasteiger partial charge is 0.225 e. The van der Waals surface area contributed by atoms with Crippen molar-refractivity contribution >= 4 is 39.1 Å². The molecular formula is C13H16ClN3S. The predicted molar refractivity (Wildman–Crippen MR) is 77.8 cm³/mol. The van der Waals surface area contributed by atoms with E-state index in [1.807, 2.05) is 0 Å². The van der Waals surface area contributed by atoms with Crippen molar-refractivity contribution in [3.05, 3.63) is 15.6 Å². The van der Waals surface area contributed by atoms with Crippen LogP contribution in [0.5, 0.6) is 0 Å². The predicted octanol–water partition coefficient (Wildman–Crippen LogP) is 4.05. The molecule has 2 aromatic heterocycles. The molecule has 2 aromatic rings. The number of halogens is 1. The van der Waals surface area contributed by atoms with E-state index in [2.05, 4.69) is 22.2 Å². The van der Waals surface area contributed by atoms with Crippen molar-refractivity contribution in [1.82, 2.24) is 9.97 Å². The lowest BCUT2D eigenvalue weighted by molar-refractivity contribution is 0.827. The van der Waals surface area contributed by atoms with Crippen LogP contribution in [0.4, 0.5) is 5.95 Å². The van der Waals surface area contributed by atoms with Crippen LogP contribution in [0.15, 0.2) is 0 Å². The molecule has 2 heterocycles. The van der Waals surface area contributed by atoms with Gasteiger partial charge in [0.15, 0.2) is 0 Å². The Labute approximate surface area is 116 Å². The fourth-order valence-corrected chi connectivity index (χ4v) is 4.01. The molecule has 0 aromatic carbocycles. The van der Waals surface area contributed by atoms with Gasteiger partial charge in [-0.2, -0.15) is 0 Å². The van der Waals surface area contributed by atoms with E-state index in [9.17, 15) is 0 Å². The molecule has 0 atom stereocenters. The van der Waals surface area contributed by atoms with Gasteiger partial charge in [0.2, 0.25) is 5.95 Å². The molecule has 0 fully saturated rings. The van der Waals surface area contributed by atoms with Crippen LogP contribution in [0.2, 0.25) is 5.15 Å². The molecular weight excluding hydrogens is 266 g/mol. The monoisotopic (exact) mass is 281 g/mol. The van der Waals surface area contributed by atoms with Gasteiger partial charge in [0, 0.05) is 11.4 Å². The van der Waals surface area contributed by atoms with E-state index in [1.165, 1.54) is 23.3 Å². The largest absolute Gasteiger partial charge is 0.354 e. The number of anilines is 1. The highest BCUT2D eigenvalue weighted by Crippen LogP contribution is 2.39. The Bertz CT molecular complexity index is 579. The highest BCUT2D eigenvalue weighted by Gasteiger charge is 2.21. The summed E-state index contributed by atoms with van der Waals surface area (Å²) in [6.07, 6.45) is 5.83. The molecule has 0 radical (unpaired) electrons. The summed E-state index contributed by atoms with van der Waals surface area (Å²) >= 11 is 8.09. The zero-order chi connectivity index (χ0) is 12.5. The minimum Gasteiger partial charge on any atom is -0.354 e. The van der Waals surface area contributed by atoms with Crippen LogP contribution in [-0.2, 0) is 12.8 Å². The fourth-order valence-electron chi connectivity index (χ4n) is 2.41. The summed E-state index contributed by atoms with van der Waals surface area (Å²) in [5.74, 6) is 0.667. The second-order valence-electron chi connectivity index (χ2n) is 4.66. The maximum Gasteiger partial charge on any atom is 0.225 e. The van der Waals surface area contributed by atoms with E-state index in [1.54, 1.807) is 11.3 Å². The SMILES string of the molecule is CCCCNc1nc(Cl)c2c3c(sc2n1)CCC3. The zero-order valence-electron chi connectivity index (χ0n) is 10.4. The first-order valence-corrected chi connectivity index (χ1v) is 7.70. The van der Waals surface area contributed by atoms with Crippen molar-refractivity contribution in [1.29, 1.82) is 0 Å². The number of hydrogen-bond acceptors (Lipinski definition) is 4. The first-order valence-electron chi connectivity index (χ1n) is 6.51. The molecule has 0 amide bonds. The lowest BCUT2D eigenvalue weighted by Crippen LogP contribution is -2.05. The molecule has 1 aliphatic rings. The van der Waals surface area contributed by atoms with Gasteiger partial charge >= 0.3 is 0 Å². The summed E-state index contributed by atoms with van der Waals surface area (Å²) in [5, 5.41) is 4.95. The molecule has 1 aliphatic carbocycles. The Hall–Kier alpha value is -0.870. The van der Waals surface area contributed by atoms with Crippen molar-refractivity contribution in [3.8, 4) is 0 Å². The van der Waals surface area contributed by atoms with Gasteiger partial charge in [-0.15, -0.1) is 11.3 Å². The van der Waals surface area contributed by atoms with Crippen molar-refractivity contribution in [3.63, 3.8) is 0 Å². The van der Waals surface area contributed by atoms with Crippen LogP contribution in [-0.4, -0.2) is 16.5 Å². The molecule has 1 N–H and O–H groups in total. The Balaban J connectivity index is 1.96. The van der Waals surface area contributed by atoms with Crippen LogP contribution in [0, 0.1) is 0 Å². The highest BCUT2D eigenvalue weighted by molar-refractivity contribution is 7.19. The van der Waals surface area contributed by atoms with Gasteiger partial charge in [-0.3, -0.25) is 0 Å². The number of rotatable bonds is 4. The minimum atomic E-state index is 0.610. The van der Waals surface area contributed by atoms with Crippen molar-refractivity contribution < 1.29 is 0 Å². The first-order chi connectivity index (χ1) is 8.79. The zero-order valence-corrected chi connectivity index (χ0v) is 12.0. The Morgan fingerprint density at radius 1 is 1.33 bits per heavy atom. The topological polar surface area (TPSA) is 37.8 Å². The molecule has 5 heteroatoms. The summed E-state index contributed by atoms with van der Waals surface area (Å²) < 4.78 is 0. The van der Waals surface area contributed by atoms with E-state index >= 15 is 0 Å². The Morgan fingerprint density at radius 3 is 3.06 bits per heavy atom. The molecule has 3 nitrogen and oxygen atoms in total. The van der Waals surface area contributed by atoms with Gasteiger partial charge in [-0.1, -0.05) is 24.9 Å². The van der Waals surface area contributed by atoms with Gasteiger partial charge in [-0.25, -0.2) is 9.97 Å². The van der Waals surface area contributed by atoms with Gasteiger partial charge in [0.1, 0.15) is 9.98 Å². The summed E-state index contributed by atoms with van der Waals surface area (Å²) in [6, 6.07) is 0. The second kappa shape index (κ2) is 5.02. The Kier molecular flexibility index (Phi) is 3.39. The van der Waals surface area contributed by atoms with Crippen LogP contribution in [0.25, 0.3) is 10.2 Å². The summed E-state index contributed by atoms with van der Waals surface area (Å²) in [6.45, 7) is 3.08. The third kappa shape index (κ3) is 2.08. The Morgan fingerprint density at radius 2 is 2.22 bits per heavy atom. The van der Waals surface area contributed by atoms with Crippen LogP contribution >= 0.6 is 22.9 Å². The van der Waals surface area contributed by atoms with Gasteiger partial charge in [-0.05, 0) is 31.2 Å². The average Bonchev–Trinajstić information content (AvgIpc) is 2.88. The number of nitrogens with one attached hydrogen (secondary N) is 1. The van der Waals surface area contributed by atoms with E-state index in [-0.39, 0.29) is 0 Å². The highest BCUT2D eigenvalue weighted by atomic mass is 35.5. The molecule has 0 unspecified atom stereocenters. The van der Waals surface area contributed by atoms with E-state index in [4.69, 9.17) is 11.6 Å². The van der Waals surface area contributed by atoms with E-state index < -0.39 is 0 Å². The summed E-state index contributed by atoms with van der Waals surface area (Å²) in [7, 11) is 0. The van der Waals surface area contributed by atoms with Crippen LogP contribution < -0.4 is 5.32 Å². The molecule has 0 aliphatic heterocycles. The molecule has 0 spiro atoms. The quantitative estimate of drug-likeness (QED) is 0.679. The number of fused-ring (bicyclic) bond motifs is 3. The molecule has 18 heavy (non-hydrogen) atoms. The summed E-state index contributed by atoms with van der Waals surface area (Å²) in [5.41, 5.74) is 1.39. The van der Waals surface area contributed by atoms with Crippen LogP contribution in [0.1, 0.15) is 36.6 Å². The third-order valence-electron chi connectivity index (χ3n) is 3.33. The standard InChI is InChI=1S/C13H16ClN3S/c1-2-3-7-15-13-16-11(14)10-8-5-4-6-9(8)18-12(10)17-13/h2-7H2,1H3,(H,15,16,17). The van der Waals surface area contributed by atoms with Crippen LogP contribution in [0.3, 0.4) is 0 Å². The lowest BCUT2D eigenvalue weighted by atomic mass is 10.2. The lowest BCUT2D eigenvalue weighted by Gasteiger charge is -2.04. The number of aromatic nitrogens is 2. The summed E-state index contributed by atoms with van der Waals surface area (Å²) in [4.78, 5) is 11.4. The van der Waals surface area contributed by atoms with Crippen molar-refractivity contribution in [2.45, 2.75) is 39.0 Å². The maximum atomic E-state index is 6.32. The van der Waals surface area contributed by atoms with Crippen molar-refractivity contribution in [2.24, 2.45) is 0 Å².